The Bertz CT molecular complexity index is 321. The lowest BCUT2D eigenvalue weighted by atomic mass is 9.49. The van der Waals surface area contributed by atoms with E-state index in [4.69, 9.17) is 0 Å². The summed E-state index contributed by atoms with van der Waals surface area (Å²) in [6, 6.07) is 0. The number of hydrogen-bond acceptors (Lipinski definition) is 2. The van der Waals surface area contributed by atoms with E-state index < -0.39 is 0 Å². The number of amides is 1. The van der Waals surface area contributed by atoms with Crippen LogP contribution in [0.25, 0.3) is 0 Å². The van der Waals surface area contributed by atoms with Crippen molar-refractivity contribution in [2.45, 2.75) is 44.9 Å². The van der Waals surface area contributed by atoms with E-state index in [0.29, 0.717) is 5.91 Å². The van der Waals surface area contributed by atoms with Crippen LogP contribution in [0.3, 0.4) is 0 Å². The molecule has 1 amide bonds. The van der Waals surface area contributed by atoms with Gasteiger partial charge in [0.1, 0.15) is 0 Å². The highest BCUT2D eigenvalue weighted by Crippen LogP contribution is 2.60. The zero-order chi connectivity index (χ0) is 13.5. The molecule has 4 bridgehead atoms. The fourth-order valence-electron chi connectivity index (χ4n) is 5.17. The topological polar surface area (TPSA) is 32.3 Å². The third kappa shape index (κ3) is 3.14. The molecule has 0 atom stereocenters. The molecule has 20 heavy (non-hydrogen) atoms. The molecule has 1 N–H and O–H groups in total. The Morgan fingerprint density at radius 3 is 2.05 bits per heavy atom. The molecule has 0 unspecified atom stereocenters. The Balaban J connectivity index is 0.00000147. The van der Waals surface area contributed by atoms with Crippen molar-refractivity contribution in [2.24, 2.45) is 23.2 Å². The van der Waals surface area contributed by atoms with Gasteiger partial charge in [-0.25, -0.2) is 0 Å². The van der Waals surface area contributed by atoms with Gasteiger partial charge in [0, 0.05) is 12.0 Å². The zero-order valence-corrected chi connectivity index (χ0v) is 13.7. The van der Waals surface area contributed by atoms with Crippen molar-refractivity contribution in [2.75, 3.05) is 27.2 Å². The zero-order valence-electron chi connectivity index (χ0n) is 12.9. The first-order valence-corrected chi connectivity index (χ1v) is 8.00. The van der Waals surface area contributed by atoms with Gasteiger partial charge in [0.2, 0.25) is 5.91 Å². The number of nitrogens with one attached hydrogen (secondary N) is 1. The Morgan fingerprint density at radius 2 is 1.60 bits per heavy atom. The van der Waals surface area contributed by atoms with Gasteiger partial charge in [-0.15, -0.1) is 12.4 Å². The second-order valence-electron chi connectivity index (χ2n) is 7.61. The summed E-state index contributed by atoms with van der Waals surface area (Å²) in [4.78, 5) is 14.8. The van der Waals surface area contributed by atoms with Crippen molar-refractivity contribution in [1.29, 1.82) is 0 Å². The van der Waals surface area contributed by atoms with Gasteiger partial charge >= 0.3 is 0 Å². The van der Waals surface area contributed by atoms with E-state index in [9.17, 15) is 4.79 Å². The molecule has 4 fully saturated rings. The van der Waals surface area contributed by atoms with E-state index in [1.807, 2.05) is 0 Å². The Hall–Kier alpha value is -0.280. The number of rotatable bonds is 5. The summed E-state index contributed by atoms with van der Waals surface area (Å²) in [6.45, 7) is 1.90. The fourth-order valence-corrected chi connectivity index (χ4v) is 5.17. The lowest BCUT2D eigenvalue weighted by molar-refractivity contribution is -0.146. The van der Waals surface area contributed by atoms with Crippen LogP contribution in [0.5, 0.6) is 0 Å². The first-order valence-electron chi connectivity index (χ1n) is 8.00. The van der Waals surface area contributed by atoms with Gasteiger partial charge in [-0.1, -0.05) is 0 Å². The molecule has 0 aliphatic heterocycles. The molecule has 4 rings (SSSR count). The molecule has 116 valence electrons. The maximum absolute atomic E-state index is 12.6. The molecule has 0 saturated heterocycles. The SMILES string of the molecule is CN(C)CCCNC(=O)C12CC3CC(CC(C3)C1)C2.Cl. The lowest BCUT2D eigenvalue weighted by Gasteiger charge is -2.55. The predicted octanol–water partition coefficient (Wildman–Crippen LogP) is 2.69. The Labute approximate surface area is 129 Å². The minimum atomic E-state index is 0. The van der Waals surface area contributed by atoms with Gasteiger partial charge < -0.3 is 10.2 Å². The minimum absolute atomic E-state index is 0. The molecule has 0 aromatic rings. The molecular weight excluding hydrogens is 272 g/mol. The quantitative estimate of drug-likeness (QED) is 0.792. The highest BCUT2D eigenvalue weighted by atomic mass is 35.5. The van der Waals surface area contributed by atoms with Gasteiger partial charge in [-0.3, -0.25) is 4.79 Å². The van der Waals surface area contributed by atoms with Crippen molar-refractivity contribution in [3.05, 3.63) is 0 Å². The van der Waals surface area contributed by atoms with E-state index in [0.717, 1.165) is 37.3 Å². The van der Waals surface area contributed by atoms with Crippen LogP contribution < -0.4 is 5.32 Å². The molecular formula is C16H29ClN2O. The van der Waals surface area contributed by atoms with E-state index in [1.165, 1.54) is 38.5 Å². The molecule has 4 aliphatic carbocycles. The van der Waals surface area contributed by atoms with Crippen molar-refractivity contribution >= 4 is 18.3 Å². The van der Waals surface area contributed by atoms with Crippen molar-refractivity contribution in [1.82, 2.24) is 10.2 Å². The summed E-state index contributed by atoms with van der Waals surface area (Å²) in [5, 5.41) is 3.23. The normalized spacial score (nSPS) is 37.9. The largest absolute Gasteiger partial charge is 0.356 e. The molecule has 4 aliphatic rings. The van der Waals surface area contributed by atoms with E-state index in [-0.39, 0.29) is 17.8 Å². The number of carbonyl (C=O) groups excluding carboxylic acids is 1. The molecule has 0 aromatic carbocycles. The molecule has 0 radical (unpaired) electrons. The van der Waals surface area contributed by atoms with E-state index in [2.05, 4.69) is 24.3 Å². The first-order chi connectivity index (χ1) is 9.07. The maximum Gasteiger partial charge on any atom is 0.226 e. The highest BCUT2D eigenvalue weighted by molar-refractivity contribution is 5.85. The van der Waals surface area contributed by atoms with Crippen LogP contribution in [0.15, 0.2) is 0 Å². The number of hydrogen-bond donors (Lipinski definition) is 1. The molecule has 3 nitrogen and oxygen atoms in total. The number of halogens is 1. The van der Waals surface area contributed by atoms with E-state index in [1.54, 1.807) is 0 Å². The average Bonchev–Trinajstić information content (AvgIpc) is 2.32. The maximum atomic E-state index is 12.6. The Morgan fingerprint density at radius 1 is 1.10 bits per heavy atom. The third-order valence-corrected chi connectivity index (χ3v) is 5.59. The van der Waals surface area contributed by atoms with Gasteiger partial charge in [0.15, 0.2) is 0 Å². The van der Waals surface area contributed by atoms with Crippen molar-refractivity contribution in [3.63, 3.8) is 0 Å². The number of carbonyl (C=O) groups is 1. The van der Waals surface area contributed by atoms with Crippen LogP contribution in [-0.2, 0) is 4.79 Å². The van der Waals surface area contributed by atoms with Crippen LogP contribution >= 0.6 is 12.4 Å². The number of nitrogens with zero attached hydrogens (tertiary/aromatic N) is 1. The summed E-state index contributed by atoms with van der Waals surface area (Å²) < 4.78 is 0. The monoisotopic (exact) mass is 300 g/mol. The summed E-state index contributed by atoms with van der Waals surface area (Å²) in [5.74, 6) is 2.96. The van der Waals surface area contributed by atoms with Crippen molar-refractivity contribution < 1.29 is 4.79 Å². The Kier molecular flexibility index (Phi) is 5.01. The van der Waals surface area contributed by atoms with Gasteiger partial charge in [-0.05, 0) is 83.3 Å². The van der Waals surface area contributed by atoms with Crippen LogP contribution in [0.1, 0.15) is 44.9 Å². The lowest BCUT2D eigenvalue weighted by Crippen LogP contribution is -2.53. The molecule has 0 spiro atoms. The summed E-state index contributed by atoms with van der Waals surface area (Å²) in [5.41, 5.74) is 0.0346. The van der Waals surface area contributed by atoms with Gasteiger partial charge in [0.05, 0.1) is 0 Å². The minimum Gasteiger partial charge on any atom is -0.356 e. The highest BCUT2D eigenvalue weighted by Gasteiger charge is 2.54. The van der Waals surface area contributed by atoms with Gasteiger partial charge in [-0.2, -0.15) is 0 Å². The average molecular weight is 301 g/mol. The second-order valence-corrected chi connectivity index (χ2v) is 7.61. The predicted molar refractivity (Wildman–Crippen MR) is 84.0 cm³/mol. The second kappa shape index (κ2) is 6.23. The molecule has 0 heterocycles. The first kappa shape index (κ1) is 16.1. The molecule has 4 saturated carbocycles. The summed E-state index contributed by atoms with van der Waals surface area (Å²) in [6.07, 6.45) is 8.83. The van der Waals surface area contributed by atoms with Gasteiger partial charge in [0.25, 0.3) is 0 Å². The summed E-state index contributed by atoms with van der Waals surface area (Å²) >= 11 is 0. The van der Waals surface area contributed by atoms with Crippen LogP contribution in [0.2, 0.25) is 0 Å². The molecule has 0 aromatic heterocycles. The molecule has 4 heteroatoms. The van der Waals surface area contributed by atoms with Crippen molar-refractivity contribution in [3.8, 4) is 0 Å². The van der Waals surface area contributed by atoms with E-state index >= 15 is 0 Å². The fraction of sp³-hybridized carbons (Fsp3) is 0.938. The standard InChI is InChI=1S/C16H28N2O.ClH/c1-18(2)5-3-4-17-15(19)16-9-12-6-13(10-16)8-14(7-12)11-16;/h12-14H,3-11H2,1-2H3,(H,17,19);1H. The summed E-state index contributed by atoms with van der Waals surface area (Å²) in [7, 11) is 4.17. The smallest absolute Gasteiger partial charge is 0.226 e. The van der Waals surface area contributed by atoms with Crippen LogP contribution in [0, 0.1) is 23.2 Å². The van der Waals surface area contributed by atoms with Crippen LogP contribution in [0.4, 0.5) is 0 Å². The van der Waals surface area contributed by atoms with Crippen LogP contribution in [-0.4, -0.2) is 38.0 Å². The third-order valence-electron chi connectivity index (χ3n) is 5.59.